The maximum absolute atomic E-state index is 13.7. The van der Waals surface area contributed by atoms with Gasteiger partial charge in [0, 0.05) is 6.04 Å². The predicted molar refractivity (Wildman–Crippen MR) is 104 cm³/mol. The van der Waals surface area contributed by atoms with Crippen molar-refractivity contribution in [1.82, 2.24) is 19.5 Å². The number of H-pyrrole nitrogens is 1. The number of nitrogens with one attached hydrogen (secondary N) is 1. The summed E-state index contributed by atoms with van der Waals surface area (Å²) in [4.78, 5) is 30.2. The number of aromatic nitrogens is 4. The van der Waals surface area contributed by atoms with Gasteiger partial charge in [0.05, 0.1) is 24.5 Å². The number of allylic oxidation sites excluding steroid dienone is 2. The Bertz CT molecular complexity index is 1080. The molecule has 1 aliphatic heterocycles. The molecule has 2 aromatic rings. The predicted octanol–water partition coefficient (Wildman–Crippen LogP) is 2.26. The molecule has 5 rings (SSSR count). The van der Waals surface area contributed by atoms with E-state index < -0.39 is 0 Å². The Morgan fingerprint density at radius 1 is 1.25 bits per heavy atom. The number of anilines is 1. The van der Waals surface area contributed by atoms with Crippen LogP contribution in [0.1, 0.15) is 31.7 Å². The fourth-order valence-electron chi connectivity index (χ4n) is 4.14. The van der Waals surface area contributed by atoms with Crippen molar-refractivity contribution in [2.45, 2.75) is 49.9 Å². The second-order valence-electron chi connectivity index (χ2n) is 7.34. The summed E-state index contributed by atoms with van der Waals surface area (Å²) >= 11 is 6.34. The van der Waals surface area contributed by atoms with Gasteiger partial charge in [-0.15, -0.1) is 0 Å². The molecular formula is C18H18ClFN6O2. The average Bonchev–Trinajstić information content (AvgIpc) is 3.23. The van der Waals surface area contributed by atoms with E-state index in [4.69, 9.17) is 11.6 Å². The molecule has 2 N–H and O–H groups in total. The highest BCUT2D eigenvalue weighted by Gasteiger charge is 2.33. The van der Waals surface area contributed by atoms with E-state index in [1.54, 1.807) is 21.9 Å². The lowest BCUT2D eigenvalue weighted by Gasteiger charge is -2.26. The number of hydrogen-bond acceptors (Lipinski definition) is 6. The van der Waals surface area contributed by atoms with Gasteiger partial charge in [-0.05, 0) is 37.8 Å². The second kappa shape index (κ2) is 6.52. The largest absolute Gasteiger partial charge is 0.393 e. The van der Waals surface area contributed by atoms with Crippen LogP contribution in [-0.4, -0.2) is 49.2 Å². The van der Waals surface area contributed by atoms with Crippen molar-refractivity contribution in [2.24, 2.45) is 4.99 Å². The molecule has 1 saturated carbocycles. The Morgan fingerprint density at radius 3 is 2.82 bits per heavy atom. The number of imidazole rings is 1. The average molecular weight is 405 g/mol. The van der Waals surface area contributed by atoms with E-state index >= 15 is 0 Å². The van der Waals surface area contributed by atoms with Crippen LogP contribution in [0.4, 0.5) is 10.3 Å². The number of aliphatic hydroxyl groups is 1. The molecule has 2 aliphatic carbocycles. The lowest BCUT2D eigenvalue weighted by Crippen LogP contribution is -2.36. The van der Waals surface area contributed by atoms with E-state index in [1.165, 1.54) is 12.2 Å². The minimum absolute atomic E-state index is 0.0709. The van der Waals surface area contributed by atoms with E-state index in [2.05, 4.69) is 19.9 Å². The molecule has 0 amide bonds. The number of aliphatic hydroxyl groups excluding tert-OH is 1. The molecule has 3 aliphatic rings. The van der Waals surface area contributed by atoms with Crippen LogP contribution >= 0.6 is 11.6 Å². The van der Waals surface area contributed by atoms with Crippen molar-refractivity contribution in [3.05, 3.63) is 39.7 Å². The highest BCUT2D eigenvalue weighted by Crippen LogP contribution is 2.32. The van der Waals surface area contributed by atoms with Gasteiger partial charge in [-0.2, -0.15) is 9.97 Å². The number of aromatic amines is 1. The number of fused-ring (bicyclic) bond motifs is 2. The number of rotatable bonds is 2. The Balaban J connectivity index is 1.59. The lowest BCUT2D eigenvalue weighted by atomic mass is 9.93. The standard InChI is InChI=1S/C18H18ClFN6O2/c19-15-14-16(26(18(28)22-14)10-2-4-11(27)5-3-10)24-17(23-15)25-8-21-12-6-1-9(20)7-13(12)25/h1,6-8,10-13,27H,2-5H2,(H,22,28). The molecular weight excluding hydrogens is 387 g/mol. The Hall–Kier alpha value is -2.52. The zero-order valence-corrected chi connectivity index (χ0v) is 15.6. The Morgan fingerprint density at radius 2 is 2.04 bits per heavy atom. The van der Waals surface area contributed by atoms with Gasteiger partial charge in [0.1, 0.15) is 11.3 Å². The van der Waals surface area contributed by atoms with Crippen LogP contribution in [0.2, 0.25) is 5.15 Å². The number of halogens is 2. The van der Waals surface area contributed by atoms with Crippen LogP contribution < -0.4 is 10.6 Å². The zero-order chi connectivity index (χ0) is 19.4. The van der Waals surface area contributed by atoms with Crippen molar-refractivity contribution in [2.75, 3.05) is 4.90 Å². The van der Waals surface area contributed by atoms with Crippen molar-refractivity contribution >= 4 is 35.1 Å². The van der Waals surface area contributed by atoms with Crippen LogP contribution in [0, 0.1) is 0 Å². The molecule has 1 fully saturated rings. The summed E-state index contributed by atoms with van der Waals surface area (Å²) in [6, 6.07) is -0.660. The molecule has 0 radical (unpaired) electrons. The molecule has 0 spiro atoms. The van der Waals surface area contributed by atoms with Gasteiger partial charge >= 0.3 is 5.69 Å². The van der Waals surface area contributed by atoms with E-state index in [-0.39, 0.29) is 46.8 Å². The molecule has 3 heterocycles. The van der Waals surface area contributed by atoms with Crippen LogP contribution in [0.3, 0.4) is 0 Å². The first-order valence-electron chi connectivity index (χ1n) is 9.24. The first kappa shape index (κ1) is 17.6. The number of aliphatic imine (C=N–C) groups is 1. The summed E-state index contributed by atoms with van der Waals surface area (Å²) in [5.41, 5.74) is 0.484. The van der Waals surface area contributed by atoms with Gasteiger partial charge < -0.3 is 10.1 Å². The quantitative estimate of drug-likeness (QED) is 0.748. The first-order chi connectivity index (χ1) is 13.5. The maximum atomic E-state index is 13.7. The van der Waals surface area contributed by atoms with E-state index in [1.807, 2.05) is 0 Å². The summed E-state index contributed by atoms with van der Waals surface area (Å²) in [6.07, 6.45) is 8.41. The second-order valence-corrected chi connectivity index (χ2v) is 7.70. The smallest absolute Gasteiger partial charge is 0.328 e. The fraction of sp³-hybridized carbons (Fsp3) is 0.444. The SMILES string of the molecule is O=c1[nH]c2c(Cl)nc(N3C=NC4C=CC(F)=CC43)nc2n1C1CCC(O)CC1. The van der Waals surface area contributed by atoms with E-state index in [0.717, 1.165) is 0 Å². The Labute approximate surface area is 164 Å². The number of nitrogens with zero attached hydrogens (tertiary/aromatic N) is 5. The highest BCUT2D eigenvalue weighted by atomic mass is 35.5. The minimum atomic E-state index is -0.373. The molecule has 2 aromatic heterocycles. The van der Waals surface area contributed by atoms with Gasteiger partial charge in [-0.3, -0.25) is 14.5 Å². The molecule has 0 saturated heterocycles. The van der Waals surface area contributed by atoms with Crippen molar-refractivity contribution in [1.29, 1.82) is 0 Å². The molecule has 0 aromatic carbocycles. The van der Waals surface area contributed by atoms with Crippen LogP contribution in [0.25, 0.3) is 11.2 Å². The molecule has 28 heavy (non-hydrogen) atoms. The molecule has 2 atom stereocenters. The zero-order valence-electron chi connectivity index (χ0n) is 14.8. The van der Waals surface area contributed by atoms with Crippen LogP contribution in [0.5, 0.6) is 0 Å². The highest BCUT2D eigenvalue weighted by molar-refractivity contribution is 6.33. The third-order valence-electron chi connectivity index (χ3n) is 5.59. The lowest BCUT2D eigenvalue weighted by molar-refractivity contribution is 0.111. The van der Waals surface area contributed by atoms with Crippen molar-refractivity contribution in [3.8, 4) is 0 Å². The fourth-order valence-corrected chi connectivity index (χ4v) is 4.35. The molecule has 0 bridgehead atoms. The summed E-state index contributed by atoms with van der Waals surface area (Å²) in [7, 11) is 0. The van der Waals surface area contributed by atoms with E-state index in [0.29, 0.717) is 36.8 Å². The van der Waals surface area contributed by atoms with Gasteiger partial charge in [0.2, 0.25) is 5.95 Å². The summed E-state index contributed by atoms with van der Waals surface area (Å²) < 4.78 is 15.3. The van der Waals surface area contributed by atoms with Gasteiger partial charge in [-0.25, -0.2) is 9.18 Å². The maximum Gasteiger partial charge on any atom is 0.328 e. The van der Waals surface area contributed by atoms with Gasteiger partial charge in [-0.1, -0.05) is 17.7 Å². The molecule has 8 nitrogen and oxygen atoms in total. The van der Waals surface area contributed by atoms with Gasteiger partial charge in [0.15, 0.2) is 10.8 Å². The van der Waals surface area contributed by atoms with Gasteiger partial charge in [0.25, 0.3) is 0 Å². The summed E-state index contributed by atoms with van der Waals surface area (Å²) in [5, 5.41) is 9.89. The van der Waals surface area contributed by atoms with Crippen LogP contribution in [0.15, 0.2) is 33.8 Å². The monoisotopic (exact) mass is 404 g/mol. The summed E-state index contributed by atoms with van der Waals surface area (Å²) in [6.45, 7) is 0. The first-order valence-corrected chi connectivity index (χ1v) is 9.62. The Kier molecular flexibility index (Phi) is 4.09. The van der Waals surface area contributed by atoms with Crippen molar-refractivity contribution in [3.63, 3.8) is 0 Å². The number of hydrogen-bond donors (Lipinski definition) is 2. The van der Waals surface area contributed by atoms with Crippen molar-refractivity contribution < 1.29 is 9.50 Å². The van der Waals surface area contributed by atoms with E-state index in [9.17, 15) is 14.3 Å². The molecule has 146 valence electrons. The minimum Gasteiger partial charge on any atom is -0.393 e. The molecule has 2 unspecified atom stereocenters. The third-order valence-corrected chi connectivity index (χ3v) is 5.87. The summed E-state index contributed by atoms with van der Waals surface area (Å²) in [5.74, 6) is -0.0834. The normalized spacial score (nSPS) is 29.4. The topological polar surface area (TPSA) is 99.4 Å². The molecule has 10 heteroatoms. The van der Waals surface area contributed by atoms with Crippen LogP contribution in [-0.2, 0) is 0 Å². The third kappa shape index (κ3) is 2.77.